The maximum Gasteiger partial charge on any atom is 0.243 e. The van der Waals surface area contributed by atoms with Crippen LogP contribution in [0.15, 0.2) is 24.3 Å². The van der Waals surface area contributed by atoms with Gasteiger partial charge in [0.15, 0.2) is 0 Å². The molecule has 2 aromatic rings. The number of carbonyl (C=O) groups excluding carboxylic acids is 1. The molecule has 5 nitrogen and oxygen atoms in total. The highest BCUT2D eigenvalue weighted by molar-refractivity contribution is 7.15. The number of hydrogen-bond donors (Lipinski definition) is 2. The van der Waals surface area contributed by atoms with E-state index in [1.807, 2.05) is 0 Å². The molecule has 1 aromatic carbocycles. The van der Waals surface area contributed by atoms with E-state index >= 15 is 0 Å². The quantitative estimate of drug-likeness (QED) is 0.829. The van der Waals surface area contributed by atoms with Crippen LogP contribution in [-0.2, 0) is 11.2 Å². The Morgan fingerprint density at radius 3 is 2.88 bits per heavy atom. The predicted octanol–water partition coefficient (Wildman–Crippen LogP) is 3.55. The first-order valence-corrected chi connectivity index (χ1v) is 9.63. The first-order valence-electron chi connectivity index (χ1n) is 8.82. The molecule has 1 saturated carbocycles. The van der Waals surface area contributed by atoms with Crippen molar-refractivity contribution in [2.75, 3.05) is 5.32 Å². The third kappa shape index (κ3) is 4.22. The number of halogens is 2. The molecule has 0 radical (unpaired) electrons. The smallest absolute Gasteiger partial charge is 0.243 e. The Labute approximate surface area is 162 Å². The van der Waals surface area contributed by atoms with E-state index in [1.54, 1.807) is 18.2 Å². The van der Waals surface area contributed by atoms with E-state index in [9.17, 15) is 9.18 Å². The summed E-state index contributed by atoms with van der Waals surface area (Å²) in [5.74, 6) is 0.333. The van der Waals surface area contributed by atoms with Gasteiger partial charge in [0.2, 0.25) is 11.0 Å². The van der Waals surface area contributed by atoms with Gasteiger partial charge in [-0.05, 0) is 36.8 Å². The number of nitrogens with zero attached hydrogens (tertiary/aromatic N) is 2. The fourth-order valence-electron chi connectivity index (χ4n) is 3.89. The lowest BCUT2D eigenvalue weighted by molar-refractivity contribution is -0.117. The zero-order valence-corrected chi connectivity index (χ0v) is 15.9. The molecule has 1 aromatic heterocycles. The van der Waals surface area contributed by atoms with E-state index < -0.39 is 0 Å². The van der Waals surface area contributed by atoms with Gasteiger partial charge < -0.3 is 5.32 Å². The van der Waals surface area contributed by atoms with E-state index in [-0.39, 0.29) is 30.2 Å². The van der Waals surface area contributed by atoms with Crippen LogP contribution in [0.1, 0.15) is 42.7 Å². The van der Waals surface area contributed by atoms with Crippen LogP contribution >= 0.6 is 23.7 Å². The second-order valence-electron chi connectivity index (χ2n) is 6.86. The Bertz CT molecular complexity index is 757. The number of aromatic nitrogens is 2. The van der Waals surface area contributed by atoms with Crippen molar-refractivity contribution in [2.45, 2.75) is 50.6 Å². The minimum Gasteiger partial charge on any atom is -0.303 e. The number of amides is 1. The molecule has 26 heavy (non-hydrogen) atoms. The van der Waals surface area contributed by atoms with Gasteiger partial charge in [0.1, 0.15) is 10.8 Å². The molecule has 140 valence electrons. The van der Waals surface area contributed by atoms with E-state index in [2.05, 4.69) is 20.8 Å². The van der Waals surface area contributed by atoms with Crippen molar-refractivity contribution in [1.29, 1.82) is 0 Å². The number of fused-ring (bicyclic) bond motifs is 1. The van der Waals surface area contributed by atoms with Crippen molar-refractivity contribution < 1.29 is 9.18 Å². The van der Waals surface area contributed by atoms with Crippen LogP contribution in [0.25, 0.3) is 0 Å². The predicted molar refractivity (Wildman–Crippen MR) is 102 cm³/mol. The molecule has 0 spiro atoms. The third-order valence-corrected chi connectivity index (χ3v) is 6.01. The summed E-state index contributed by atoms with van der Waals surface area (Å²) in [6, 6.07) is 6.97. The summed E-state index contributed by atoms with van der Waals surface area (Å²) in [5, 5.41) is 15.6. The zero-order chi connectivity index (χ0) is 17.2. The van der Waals surface area contributed by atoms with Crippen LogP contribution in [0.2, 0.25) is 0 Å². The SMILES string of the molecule is Cl.O=C(Nc1nnc(Cc2ccccc2F)s1)C1CC2CCCCC2N1. The van der Waals surface area contributed by atoms with Gasteiger partial charge in [-0.1, -0.05) is 42.4 Å². The van der Waals surface area contributed by atoms with Gasteiger partial charge in [0, 0.05) is 12.5 Å². The Morgan fingerprint density at radius 2 is 2.08 bits per heavy atom. The van der Waals surface area contributed by atoms with Gasteiger partial charge >= 0.3 is 0 Å². The maximum absolute atomic E-state index is 13.7. The maximum atomic E-state index is 13.7. The summed E-state index contributed by atoms with van der Waals surface area (Å²) < 4.78 is 13.7. The lowest BCUT2D eigenvalue weighted by Crippen LogP contribution is -2.39. The molecule has 1 aliphatic heterocycles. The molecule has 2 heterocycles. The van der Waals surface area contributed by atoms with Crippen LogP contribution in [-0.4, -0.2) is 28.2 Å². The van der Waals surface area contributed by atoms with Crippen LogP contribution in [0.4, 0.5) is 9.52 Å². The van der Waals surface area contributed by atoms with Crippen LogP contribution in [0.3, 0.4) is 0 Å². The largest absolute Gasteiger partial charge is 0.303 e. The molecule has 1 amide bonds. The fraction of sp³-hybridized carbons (Fsp3) is 0.500. The number of carbonyl (C=O) groups is 1. The van der Waals surface area contributed by atoms with Crippen LogP contribution in [0.5, 0.6) is 0 Å². The summed E-state index contributed by atoms with van der Waals surface area (Å²) in [6.45, 7) is 0. The van der Waals surface area contributed by atoms with Crippen molar-refractivity contribution in [3.63, 3.8) is 0 Å². The summed E-state index contributed by atoms with van der Waals surface area (Å²) in [4.78, 5) is 12.5. The number of rotatable bonds is 4. The molecule has 2 fully saturated rings. The minimum absolute atomic E-state index is 0. The second kappa shape index (κ2) is 8.41. The van der Waals surface area contributed by atoms with E-state index in [4.69, 9.17) is 0 Å². The highest BCUT2D eigenvalue weighted by atomic mass is 35.5. The van der Waals surface area contributed by atoms with E-state index in [0.29, 0.717) is 34.1 Å². The van der Waals surface area contributed by atoms with Crippen molar-refractivity contribution >= 4 is 34.8 Å². The van der Waals surface area contributed by atoms with E-state index in [0.717, 1.165) is 6.42 Å². The molecule has 1 aliphatic carbocycles. The van der Waals surface area contributed by atoms with Gasteiger partial charge in [-0.25, -0.2) is 4.39 Å². The van der Waals surface area contributed by atoms with Crippen molar-refractivity contribution in [2.24, 2.45) is 5.92 Å². The van der Waals surface area contributed by atoms with Crippen molar-refractivity contribution in [1.82, 2.24) is 15.5 Å². The zero-order valence-electron chi connectivity index (χ0n) is 14.3. The summed E-state index contributed by atoms with van der Waals surface area (Å²) in [6.07, 6.45) is 6.18. The van der Waals surface area contributed by atoms with E-state index in [1.165, 1.54) is 43.1 Å². The Hall–Kier alpha value is -1.57. The van der Waals surface area contributed by atoms with Crippen LogP contribution < -0.4 is 10.6 Å². The Kier molecular flexibility index (Phi) is 6.21. The standard InChI is InChI=1S/C18H21FN4OS.ClH/c19-13-7-3-1-5-11(13)10-16-22-23-18(25-16)21-17(24)15-9-12-6-2-4-8-14(12)20-15;/h1,3,5,7,12,14-15,20H,2,4,6,8-10H2,(H,21,23,24);1H. The molecule has 0 bridgehead atoms. The molecule has 4 rings (SSSR count). The highest BCUT2D eigenvalue weighted by Gasteiger charge is 2.38. The summed E-state index contributed by atoms with van der Waals surface area (Å²) >= 11 is 1.30. The van der Waals surface area contributed by atoms with Gasteiger partial charge in [0.05, 0.1) is 6.04 Å². The first kappa shape index (κ1) is 19.2. The molecule has 1 saturated heterocycles. The topological polar surface area (TPSA) is 66.9 Å². The molecule has 8 heteroatoms. The Balaban J connectivity index is 0.00000196. The molecule has 2 N–H and O–H groups in total. The third-order valence-electron chi connectivity index (χ3n) is 5.18. The lowest BCUT2D eigenvalue weighted by Gasteiger charge is -2.24. The van der Waals surface area contributed by atoms with Crippen molar-refractivity contribution in [3.8, 4) is 0 Å². The molecular weight excluding hydrogens is 375 g/mol. The average molecular weight is 397 g/mol. The lowest BCUT2D eigenvalue weighted by atomic mass is 9.85. The monoisotopic (exact) mass is 396 g/mol. The average Bonchev–Trinajstić information content (AvgIpc) is 3.23. The normalized spacial score (nSPS) is 24.6. The number of anilines is 1. The first-order chi connectivity index (χ1) is 12.2. The van der Waals surface area contributed by atoms with Gasteiger partial charge in [0.25, 0.3) is 0 Å². The van der Waals surface area contributed by atoms with Crippen LogP contribution in [0, 0.1) is 11.7 Å². The molecule has 3 unspecified atom stereocenters. The van der Waals surface area contributed by atoms with Gasteiger partial charge in [-0.3, -0.25) is 10.1 Å². The molecular formula is C18H22ClFN4OS. The second-order valence-corrected chi connectivity index (χ2v) is 7.93. The van der Waals surface area contributed by atoms with Gasteiger partial charge in [-0.15, -0.1) is 22.6 Å². The molecule has 2 aliphatic rings. The number of benzene rings is 1. The molecule has 3 atom stereocenters. The summed E-state index contributed by atoms with van der Waals surface area (Å²) in [7, 11) is 0. The number of nitrogens with one attached hydrogen (secondary N) is 2. The fourth-order valence-corrected chi connectivity index (χ4v) is 4.66. The summed E-state index contributed by atoms with van der Waals surface area (Å²) in [5.41, 5.74) is 0.582. The Morgan fingerprint density at radius 1 is 1.27 bits per heavy atom. The van der Waals surface area contributed by atoms with Crippen molar-refractivity contribution in [3.05, 3.63) is 40.7 Å². The highest BCUT2D eigenvalue weighted by Crippen LogP contribution is 2.33. The number of hydrogen-bond acceptors (Lipinski definition) is 5. The minimum atomic E-state index is -0.249. The van der Waals surface area contributed by atoms with Gasteiger partial charge in [-0.2, -0.15) is 0 Å².